The third kappa shape index (κ3) is 5.99. The summed E-state index contributed by atoms with van der Waals surface area (Å²) in [5.74, 6) is 9.21. The number of thioether (sulfide) groups is 2. The minimum atomic E-state index is -0.366. The summed E-state index contributed by atoms with van der Waals surface area (Å²) in [6.45, 7) is 7.34. The molecule has 0 saturated carbocycles. The van der Waals surface area contributed by atoms with Gasteiger partial charge in [0, 0.05) is 23.7 Å². The molecule has 0 atom stereocenters. The maximum Gasteiger partial charge on any atom is 0.339 e. The van der Waals surface area contributed by atoms with Crippen LogP contribution in [0.4, 0.5) is 0 Å². The Morgan fingerprint density at radius 1 is 1.13 bits per heavy atom. The number of rotatable bonds is 8. The van der Waals surface area contributed by atoms with E-state index >= 15 is 0 Å². The lowest BCUT2D eigenvalue weighted by atomic mass is 10.0. The van der Waals surface area contributed by atoms with Gasteiger partial charge in [-0.2, -0.15) is 0 Å². The third-order valence-electron chi connectivity index (χ3n) is 4.77. The number of hydrogen-bond acceptors (Lipinski definition) is 6. The van der Waals surface area contributed by atoms with Gasteiger partial charge in [-0.15, -0.1) is 23.5 Å². The molecule has 0 spiro atoms. The second-order valence-corrected chi connectivity index (χ2v) is 10.2. The molecule has 3 rings (SSSR count). The van der Waals surface area contributed by atoms with Crippen LogP contribution < -0.4 is 4.74 Å². The summed E-state index contributed by atoms with van der Waals surface area (Å²) in [5.41, 5.74) is 3.24. The number of esters is 1. The molecule has 0 N–H and O–H groups in total. The number of benzene rings is 1. The van der Waals surface area contributed by atoms with Crippen molar-refractivity contribution in [1.82, 2.24) is 4.98 Å². The quantitative estimate of drug-likeness (QED) is 0.281. The number of hydrogen-bond donors (Lipinski definition) is 0. The van der Waals surface area contributed by atoms with Gasteiger partial charge in [-0.25, -0.2) is 9.78 Å². The zero-order chi connectivity index (χ0) is 22.1. The van der Waals surface area contributed by atoms with Crippen LogP contribution in [0.5, 0.6) is 5.75 Å². The minimum Gasteiger partial charge on any atom is -0.493 e. The molecular weight excluding hydrogens is 426 g/mol. The number of carbonyl (C=O) groups excluding carboxylic acids is 1. The predicted octanol–water partition coefficient (Wildman–Crippen LogP) is 5.88. The van der Waals surface area contributed by atoms with Crippen molar-refractivity contribution in [2.75, 3.05) is 24.7 Å². The molecule has 0 fully saturated rings. The first-order valence-corrected chi connectivity index (χ1v) is 12.8. The van der Waals surface area contributed by atoms with Gasteiger partial charge in [-0.1, -0.05) is 19.8 Å². The number of carbonyl (C=O) groups is 1. The Morgan fingerprint density at radius 3 is 2.55 bits per heavy atom. The number of pyridine rings is 1. The Kier molecular flexibility index (Phi) is 8.74. The molecule has 0 amide bonds. The first-order chi connectivity index (χ1) is 15.1. The van der Waals surface area contributed by atoms with Crippen LogP contribution in [0.15, 0.2) is 36.5 Å². The zero-order valence-electron chi connectivity index (χ0n) is 18.4. The Labute approximate surface area is 193 Å². The minimum absolute atomic E-state index is 0.0246. The number of fused-ring (bicyclic) bond motifs is 1. The maximum absolute atomic E-state index is 11.8. The van der Waals surface area contributed by atoms with Crippen molar-refractivity contribution < 1.29 is 14.3 Å². The second kappa shape index (κ2) is 11.5. The van der Waals surface area contributed by atoms with Crippen LogP contribution in [0, 0.1) is 11.8 Å². The summed E-state index contributed by atoms with van der Waals surface area (Å²) in [6.07, 6.45) is 4.82. The summed E-state index contributed by atoms with van der Waals surface area (Å²) >= 11 is 4.07. The Balaban J connectivity index is 1.86. The summed E-state index contributed by atoms with van der Waals surface area (Å²) in [5, 5.41) is 0. The van der Waals surface area contributed by atoms with Gasteiger partial charge in [0.05, 0.1) is 22.9 Å². The summed E-state index contributed by atoms with van der Waals surface area (Å²) in [7, 11) is 0. The smallest absolute Gasteiger partial charge is 0.339 e. The fraction of sp³-hybridized carbons (Fsp3) is 0.440. The van der Waals surface area contributed by atoms with Crippen LogP contribution in [-0.2, 0) is 8.82 Å². The molecule has 0 aliphatic carbocycles. The lowest BCUT2D eigenvalue weighted by Crippen LogP contribution is -2.28. The molecule has 0 bridgehead atoms. The number of ether oxygens (including phenoxy) is 2. The molecule has 1 aliphatic rings. The third-order valence-corrected chi connectivity index (χ3v) is 8.48. The van der Waals surface area contributed by atoms with E-state index in [2.05, 4.69) is 36.7 Å². The zero-order valence-corrected chi connectivity index (χ0v) is 20.0. The molecule has 31 heavy (non-hydrogen) atoms. The van der Waals surface area contributed by atoms with E-state index < -0.39 is 0 Å². The van der Waals surface area contributed by atoms with Gasteiger partial charge in [0.15, 0.2) is 0 Å². The van der Waals surface area contributed by atoms with Gasteiger partial charge in [-0.3, -0.25) is 0 Å². The van der Waals surface area contributed by atoms with E-state index in [1.807, 2.05) is 35.7 Å². The van der Waals surface area contributed by atoms with Gasteiger partial charge in [0.25, 0.3) is 0 Å². The largest absolute Gasteiger partial charge is 0.493 e. The van der Waals surface area contributed by atoms with E-state index in [1.54, 1.807) is 19.1 Å². The fourth-order valence-electron chi connectivity index (χ4n) is 3.28. The monoisotopic (exact) mass is 455 g/mol. The molecule has 6 heteroatoms. The molecule has 2 aromatic rings. The summed E-state index contributed by atoms with van der Waals surface area (Å²) in [6, 6.07) is 9.68. The van der Waals surface area contributed by atoms with Crippen molar-refractivity contribution in [3.8, 4) is 17.6 Å². The highest BCUT2D eigenvalue weighted by Gasteiger charge is 2.38. The van der Waals surface area contributed by atoms with Gasteiger partial charge in [0.1, 0.15) is 11.4 Å². The van der Waals surface area contributed by atoms with Gasteiger partial charge < -0.3 is 9.47 Å². The van der Waals surface area contributed by atoms with Crippen LogP contribution in [-0.4, -0.2) is 35.7 Å². The van der Waals surface area contributed by atoms with Crippen LogP contribution in [0.1, 0.15) is 67.2 Å². The number of nitrogens with zero attached hydrogens (tertiary/aromatic N) is 1. The van der Waals surface area contributed by atoms with E-state index in [-0.39, 0.29) is 10.0 Å². The average Bonchev–Trinajstić information content (AvgIpc) is 2.81. The molecule has 0 radical (unpaired) electrons. The normalized spacial score (nSPS) is 14.0. The van der Waals surface area contributed by atoms with E-state index in [0.717, 1.165) is 48.7 Å². The Bertz CT molecular complexity index is 939. The van der Waals surface area contributed by atoms with Crippen molar-refractivity contribution in [2.45, 2.75) is 44.1 Å². The van der Waals surface area contributed by atoms with Crippen LogP contribution >= 0.6 is 23.5 Å². The first kappa shape index (κ1) is 23.6. The highest BCUT2D eigenvalue weighted by atomic mass is 32.2. The van der Waals surface area contributed by atoms with Crippen molar-refractivity contribution in [3.63, 3.8) is 0 Å². The van der Waals surface area contributed by atoms with Crippen LogP contribution in [0.3, 0.4) is 0 Å². The van der Waals surface area contributed by atoms with E-state index in [4.69, 9.17) is 9.47 Å². The molecule has 1 aromatic carbocycles. The summed E-state index contributed by atoms with van der Waals surface area (Å²) < 4.78 is 11.0. The van der Waals surface area contributed by atoms with Gasteiger partial charge in [-0.05, 0) is 67.5 Å². The molecule has 2 heterocycles. The summed E-state index contributed by atoms with van der Waals surface area (Å²) in [4.78, 5) is 16.1. The number of aromatic nitrogens is 1. The predicted molar refractivity (Wildman–Crippen MR) is 130 cm³/mol. The van der Waals surface area contributed by atoms with E-state index in [0.29, 0.717) is 17.9 Å². The average molecular weight is 456 g/mol. The Hall–Kier alpha value is -2.10. The molecule has 0 unspecified atom stereocenters. The van der Waals surface area contributed by atoms with E-state index in [1.165, 1.54) is 11.8 Å². The lowest BCUT2D eigenvalue weighted by molar-refractivity contribution is 0.0526. The van der Waals surface area contributed by atoms with Gasteiger partial charge in [0.2, 0.25) is 0 Å². The van der Waals surface area contributed by atoms with E-state index in [9.17, 15) is 4.79 Å². The van der Waals surface area contributed by atoms with Crippen molar-refractivity contribution >= 4 is 29.5 Å². The lowest BCUT2D eigenvalue weighted by Gasteiger charge is -2.38. The van der Waals surface area contributed by atoms with Crippen molar-refractivity contribution in [3.05, 3.63) is 58.9 Å². The first-order valence-electron chi connectivity index (χ1n) is 10.8. The second-order valence-electron chi connectivity index (χ2n) is 7.16. The molecule has 164 valence electrons. The SMILES string of the molecule is CCCSC1(SCCC)CCOc2ccc(C#Cc3ccc(C(=O)OCC)cn3)cc21. The topological polar surface area (TPSA) is 48.4 Å². The molecule has 0 saturated heterocycles. The molecule has 1 aliphatic heterocycles. The maximum atomic E-state index is 11.8. The highest BCUT2D eigenvalue weighted by Crippen LogP contribution is 2.54. The van der Waals surface area contributed by atoms with Crippen molar-refractivity contribution in [2.24, 2.45) is 0 Å². The highest BCUT2D eigenvalue weighted by molar-refractivity contribution is 8.17. The standard InChI is InChI=1S/C25H29NO3S2/c1-4-15-30-25(31-16-5-2)13-14-29-23-12-8-19(17-22(23)25)7-10-21-11-9-20(18-26-21)24(27)28-6-3/h8-9,11-12,17-18H,4-6,13-16H2,1-3H3. The molecule has 4 nitrogen and oxygen atoms in total. The van der Waals surface area contributed by atoms with Crippen LogP contribution in [0.25, 0.3) is 0 Å². The fourth-order valence-corrected chi connectivity index (χ4v) is 6.26. The van der Waals surface area contributed by atoms with Crippen LogP contribution in [0.2, 0.25) is 0 Å². The molecule has 1 aromatic heterocycles. The van der Waals surface area contributed by atoms with Gasteiger partial charge >= 0.3 is 5.97 Å². The molecular formula is C25H29NO3S2. The Morgan fingerprint density at radius 2 is 1.90 bits per heavy atom. The van der Waals surface area contributed by atoms with Crippen molar-refractivity contribution in [1.29, 1.82) is 0 Å².